The quantitative estimate of drug-likeness (QED) is 0.663. The van der Waals surface area contributed by atoms with E-state index in [1.54, 1.807) is 24.3 Å². The van der Waals surface area contributed by atoms with E-state index in [-0.39, 0.29) is 17.2 Å². The highest BCUT2D eigenvalue weighted by molar-refractivity contribution is 7.80. The molecule has 0 amide bonds. The summed E-state index contributed by atoms with van der Waals surface area (Å²) in [7, 11) is 1.30. The number of esters is 1. The van der Waals surface area contributed by atoms with Crippen molar-refractivity contribution in [1.82, 2.24) is 5.32 Å². The van der Waals surface area contributed by atoms with Crippen molar-refractivity contribution < 1.29 is 18.3 Å². The first-order chi connectivity index (χ1) is 11.0. The highest BCUT2D eigenvalue weighted by Gasteiger charge is 2.06. The van der Waals surface area contributed by atoms with Crippen molar-refractivity contribution in [3.05, 3.63) is 65.2 Å². The van der Waals surface area contributed by atoms with Crippen LogP contribution >= 0.6 is 12.2 Å². The number of anilines is 1. The molecular weight excluding hydrogens is 322 g/mol. The number of halogens is 2. The lowest BCUT2D eigenvalue weighted by atomic mass is 10.2. The van der Waals surface area contributed by atoms with Crippen molar-refractivity contribution in [2.24, 2.45) is 0 Å². The van der Waals surface area contributed by atoms with Crippen LogP contribution in [0.1, 0.15) is 15.9 Å². The second-order valence-corrected chi connectivity index (χ2v) is 5.02. The Morgan fingerprint density at radius 3 is 2.52 bits per heavy atom. The lowest BCUT2D eigenvalue weighted by molar-refractivity contribution is 0.0601. The van der Waals surface area contributed by atoms with Crippen LogP contribution in [0.3, 0.4) is 0 Å². The third-order valence-corrected chi connectivity index (χ3v) is 3.26. The summed E-state index contributed by atoms with van der Waals surface area (Å²) in [4.78, 5) is 11.3. The predicted octanol–water partition coefficient (Wildman–Crippen LogP) is 3.24. The minimum atomic E-state index is -0.513. The van der Waals surface area contributed by atoms with E-state index in [0.717, 1.165) is 18.2 Å². The van der Waals surface area contributed by atoms with Crippen LogP contribution in [-0.2, 0) is 11.3 Å². The molecule has 0 radical (unpaired) electrons. The number of hydrogen-bond donors (Lipinski definition) is 2. The van der Waals surface area contributed by atoms with Gasteiger partial charge in [0, 0.05) is 17.8 Å². The molecule has 0 saturated heterocycles. The molecule has 2 aromatic carbocycles. The Bertz CT molecular complexity index is 721. The van der Waals surface area contributed by atoms with Gasteiger partial charge in [-0.15, -0.1) is 0 Å². The molecule has 7 heteroatoms. The number of hydrogen-bond acceptors (Lipinski definition) is 3. The lowest BCUT2D eigenvalue weighted by Gasteiger charge is -2.11. The smallest absolute Gasteiger partial charge is 0.337 e. The molecule has 0 aliphatic carbocycles. The largest absolute Gasteiger partial charge is 0.465 e. The zero-order valence-corrected chi connectivity index (χ0v) is 13.0. The molecule has 0 aliphatic heterocycles. The van der Waals surface area contributed by atoms with Crippen LogP contribution in [0.25, 0.3) is 0 Å². The normalized spacial score (nSPS) is 10.0. The number of rotatable bonds is 4. The van der Waals surface area contributed by atoms with Gasteiger partial charge in [-0.1, -0.05) is 0 Å². The van der Waals surface area contributed by atoms with Crippen LogP contribution in [0.15, 0.2) is 42.5 Å². The van der Waals surface area contributed by atoms with Crippen molar-refractivity contribution in [2.45, 2.75) is 6.54 Å². The number of carbonyl (C=O) groups is 1. The lowest BCUT2D eigenvalue weighted by Crippen LogP contribution is -2.28. The minimum absolute atomic E-state index is 0.0513. The predicted molar refractivity (Wildman–Crippen MR) is 87.2 cm³/mol. The summed E-state index contributed by atoms with van der Waals surface area (Å²) in [5, 5.41) is 5.92. The van der Waals surface area contributed by atoms with E-state index in [0.29, 0.717) is 11.3 Å². The number of ether oxygens (including phenoxy) is 1. The molecular formula is C16H14F2N2O2S. The van der Waals surface area contributed by atoms with Gasteiger partial charge in [0.25, 0.3) is 0 Å². The van der Waals surface area contributed by atoms with Gasteiger partial charge < -0.3 is 15.4 Å². The monoisotopic (exact) mass is 336 g/mol. The molecule has 2 N–H and O–H groups in total. The molecule has 120 valence electrons. The first-order valence-corrected chi connectivity index (χ1v) is 7.07. The standard InChI is InChI=1S/C16H14F2N2O2S/c1-22-15(21)10-2-5-13(6-3-10)20-16(23)19-9-11-8-12(17)4-7-14(11)18/h2-8H,9H2,1H3,(H2,19,20,23). The van der Waals surface area contributed by atoms with E-state index in [9.17, 15) is 13.6 Å². The molecule has 0 bridgehead atoms. The van der Waals surface area contributed by atoms with Crippen LogP contribution in [0.2, 0.25) is 0 Å². The Hall–Kier alpha value is -2.54. The molecule has 0 heterocycles. The van der Waals surface area contributed by atoms with Gasteiger partial charge in [0.1, 0.15) is 11.6 Å². The van der Waals surface area contributed by atoms with E-state index in [1.165, 1.54) is 7.11 Å². The molecule has 0 saturated carbocycles. The maximum Gasteiger partial charge on any atom is 0.337 e. The van der Waals surface area contributed by atoms with Gasteiger partial charge in [-0.25, -0.2) is 13.6 Å². The zero-order valence-electron chi connectivity index (χ0n) is 12.2. The average Bonchev–Trinajstić information content (AvgIpc) is 2.55. The first-order valence-electron chi connectivity index (χ1n) is 6.67. The zero-order chi connectivity index (χ0) is 16.8. The molecule has 2 rings (SSSR count). The summed E-state index contributed by atoms with van der Waals surface area (Å²) < 4.78 is 31.2. The molecule has 0 aromatic heterocycles. The van der Waals surface area contributed by atoms with Gasteiger partial charge in [0.15, 0.2) is 5.11 Å². The Kier molecular flexibility index (Phi) is 5.59. The Labute approximate surface area is 137 Å². The van der Waals surface area contributed by atoms with Gasteiger partial charge in [-0.3, -0.25) is 0 Å². The Balaban J connectivity index is 1.92. The molecule has 0 spiro atoms. The van der Waals surface area contributed by atoms with Crippen LogP contribution in [-0.4, -0.2) is 18.2 Å². The Morgan fingerprint density at radius 1 is 1.17 bits per heavy atom. The highest BCUT2D eigenvalue weighted by atomic mass is 32.1. The molecule has 0 fully saturated rings. The number of methoxy groups -OCH3 is 1. The van der Waals surface area contributed by atoms with E-state index >= 15 is 0 Å². The van der Waals surface area contributed by atoms with Gasteiger partial charge in [-0.05, 0) is 54.7 Å². The van der Waals surface area contributed by atoms with Crippen LogP contribution in [0, 0.1) is 11.6 Å². The SMILES string of the molecule is COC(=O)c1ccc(NC(=S)NCc2cc(F)ccc2F)cc1. The minimum Gasteiger partial charge on any atom is -0.465 e. The molecule has 0 unspecified atom stereocenters. The molecule has 0 atom stereocenters. The number of carbonyl (C=O) groups excluding carboxylic acids is 1. The molecule has 4 nitrogen and oxygen atoms in total. The second kappa shape index (κ2) is 7.64. The third-order valence-electron chi connectivity index (χ3n) is 3.01. The van der Waals surface area contributed by atoms with Crippen molar-refractivity contribution in [3.8, 4) is 0 Å². The second-order valence-electron chi connectivity index (χ2n) is 4.61. The fourth-order valence-corrected chi connectivity index (χ4v) is 2.03. The first kappa shape index (κ1) is 16.8. The summed E-state index contributed by atoms with van der Waals surface area (Å²) >= 11 is 5.09. The summed E-state index contributed by atoms with van der Waals surface area (Å²) in [6.07, 6.45) is 0. The maximum atomic E-state index is 13.5. The van der Waals surface area contributed by atoms with Crippen LogP contribution in [0.5, 0.6) is 0 Å². The fourth-order valence-electron chi connectivity index (χ4n) is 1.84. The van der Waals surface area contributed by atoms with Crippen molar-refractivity contribution in [1.29, 1.82) is 0 Å². The van der Waals surface area contributed by atoms with Crippen LogP contribution in [0.4, 0.5) is 14.5 Å². The van der Waals surface area contributed by atoms with Crippen molar-refractivity contribution in [2.75, 3.05) is 12.4 Å². The fraction of sp³-hybridized carbons (Fsp3) is 0.125. The third kappa shape index (κ3) is 4.72. The van der Waals surface area contributed by atoms with Crippen molar-refractivity contribution >= 4 is 29.0 Å². The van der Waals surface area contributed by atoms with Gasteiger partial charge in [0.2, 0.25) is 0 Å². The number of benzene rings is 2. The maximum absolute atomic E-state index is 13.5. The summed E-state index contributed by atoms with van der Waals surface area (Å²) in [5.74, 6) is -1.46. The summed E-state index contributed by atoms with van der Waals surface area (Å²) in [6.45, 7) is 0.0513. The number of thiocarbonyl (C=S) groups is 1. The van der Waals surface area contributed by atoms with Crippen LogP contribution < -0.4 is 10.6 Å². The molecule has 23 heavy (non-hydrogen) atoms. The topological polar surface area (TPSA) is 50.4 Å². The summed E-state index contributed by atoms with van der Waals surface area (Å²) in [5.41, 5.74) is 1.24. The van der Waals surface area contributed by atoms with Crippen molar-refractivity contribution in [3.63, 3.8) is 0 Å². The Morgan fingerprint density at radius 2 is 1.87 bits per heavy atom. The van der Waals surface area contributed by atoms with Gasteiger partial charge in [-0.2, -0.15) is 0 Å². The van der Waals surface area contributed by atoms with E-state index in [1.807, 2.05) is 0 Å². The van der Waals surface area contributed by atoms with E-state index in [4.69, 9.17) is 12.2 Å². The molecule has 0 aliphatic rings. The van der Waals surface area contributed by atoms with E-state index in [2.05, 4.69) is 15.4 Å². The van der Waals surface area contributed by atoms with E-state index < -0.39 is 17.6 Å². The number of nitrogens with one attached hydrogen (secondary N) is 2. The summed E-state index contributed by atoms with van der Waals surface area (Å²) in [6, 6.07) is 9.71. The molecule has 2 aromatic rings. The van der Waals surface area contributed by atoms with Gasteiger partial charge in [0.05, 0.1) is 12.7 Å². The van der Waals surface area contributed by atoms with Gasteiger partial charge >= 0.3 is 5.97 Å². The highest BCUT2D eigenvalue weighted by Crippen LogP contribution is 2.11. The average molecular weight is 336 g/mol.